The molecule has 0 radical (unpaired) electrons. The summed E-state index contributed by atoms with van der Waals surface area (Å²) in [5.74, 6) is -0.955. The molecule has 0 bridgehead atoms. The topological polar surface area (TPSA) is 81.2 Å². The van der Waals surface area contributed by atoms with Gasteiger partial charge in [0.05, 0.1) is 11.3 Å². The second kappa shape index (κ2) is 8.55. The van der Waals surface area contributed by atoms with E-state index in [9.17, 15) is 9.59 Å². The van der Waals surface area contributed by atoms with Crippen LogP contribution in [0.4, 0.5) is 5.13 Å². The number of hydrogen-bond donors (Lipinski definition) is 1. The van der Waals surface area contributed by atoms with Gasteiger partial charge in [0.15, 0.2) is 11.2 Å². The molecule has 2 heterocycles. The van der Waals surface area contributed by atoms with E-state index in [-0.39, 0.29) is 0 Å². The van der Waals surface area contributed by atoms with Crippen LogP contribution in [-0.4, -0.2) is 27.9 Å². The molecule has 2 aromatic heterocycles. The maximum atomic E-state index is 12.5. The van der Waals surface area contributed by atoms with E-state index in [0.717, 1.165) is 11.3 Å². The highest BCUT2D eigenvalue weighted by molar-refractivity contribution is 7.14. The Morgan fingerprint density at radius 3 is 2.52 bits per heavy atom. The van der Waals surface area contributed by atoms with Gasteiger partial charge in [-0.3, -0.25) is 15.1 Å². The van der Waals surface area contributed by atoms with E-state index in [1.807, 2.05) is 36.6 Å². The molecule has 3 rings (SSSR count). The van der Waals surface area contributed by atoms with Gasteiger partial charge in [-0.1, -0.05) is 36.8 Å². The van der Waals surface area contributed by atoms with Crippen molar-refractivity contribution in [2.45, 2.75) is 26.4 Å². The van der Waals surface area contributed by atoms with Gasteiger partial charge in [0.1, 0.15) is 0 Å². The van der Waals surface area contributed by atoms with Crippen LogP contribution in [0.15, 0.2) is 54.2 Å². The van der Waals surface area contributed by atoms with Crippen molar-refractivity contribution in [1.82, 2.24) is 9.97 Å². The molecule has 0 saturated carbocycles. The van der Waals surface area contributed by atoms with E-state index in [4.69, 9.17) is 4.74 Å². The predicted octanol–water partition coefficient (Wildman–Crippen LogP) is 4.09. The molecule has 1 N–H and O–H groups in total. The molecular formula is C20H19N3O3S. The van der Waals surface area contributed by atoms with Gasteiger partial charge >= 0.3 is 5.97 Å². The van der Waals surface area contributed by atoms with Crippen molar-refractivity contribution in [2.24, 2.45) is 0 Å². The summed E-state index contributed by atoms with van der Waals surface area (Å²) in [4.78, 5) is 32.9. The molecule has 7 heteroatoms. The fourth-order valence-electron chi connectivity index (χ4n) is 2.38. The minimum atomic E-state index is -0.891. The van der Waals surface area contributed by atoms with Crippen LogP contribution in [-0.2, 0) is 9.53 Å². The normalized spacial score (nSPS) is 11.6. The Morgan fingerprint density at radius 1 is 1.15 bits per heavy atom. The summed E-state index contributed by atoms with van der Waals surface area (Å²) >= 11 is 1.33. The first kappa shape index (κ1) is 18.7. The molecule has 1 amide bonds. The molecule has 27 heavy (non-hydrogen) atoms. The summed E-state index contributed by atoms with van der Waals surface area (Å²) < 4.78 is 5.32. The van der Waals surface area contributed by atoms with Gasteiger partial charge in [-0.2, -0.15) is 0 Å². The lowest BCUT2D eigenvalue weighted by molar-refractivity contribution is -0.124. The number of carbonyl (C=O) groups excluding carboxylic acids is 2. The highest BCUT2D eigenvalue weighted by Gasteiger charge is 2.23. The minimum absolute atomic E-state index is 0.354. The summed E-state index contributed by atoms with van der Waals surface area (Å²) in [6.45, 7) is 3.80. The zero-order valence-electron chi connectivity index (χ0n) is 15.0. The SMILES string of the molecule is CCC(OC(=O)c1ccncc1)C(=O)Nc1nc(-c2ccc(C)cc2)cs1. The monoisotopic (exact) mass is 381 g/mol. The molecule has 0 fully saturated rings. The van der Waals surface area contributed by atoms with Crippen LogP contribution in [0.5, 0.6) is 0 Å². The molecule has 1 unspecified atom stereocenters. The first-order chi connectivity index (χ1) is 13.1. The first-order valence-electron chi connectivity index (χ1n) is 8.51. The van der Waals surface area contributed by atoms with Crippen molar-refractivity contribution in [3.63, 3.8) is 0 Å². The summed E-state index contributed by atoms with van der Waals surface area (Å²) in [7, 11) is 0. The van der Waals surface area contributed by atoms with Crippen LogP contribution in [0.25, 0.3) is 11.3 Å². The predicted molar refractivity (Wildman–Crippen MR) is 105 cm³/mol. The van der Waals surface area contributed by atoms with E-state index in [2.05, 4.69) is 15.3 Å². The van der Waals surface area contributed by atoms with Crippen molar-refractivity contribution in [3.05, 3.63) is 65.3 Å². The maximum Gasteiger partial charge on any atom is 0.339 e. The fourth-order valence-corrected chi connectivity index (χ4v) is 3.10. The Morgan fingerprint density at radius 2 is 1.85 bits per heavy atom. The number of ether oxygens (including phenoxy) is 1. The van der Waals surface area contributed by atoms with Gasteiger partial charge in [0, 0.05) is 23.3 Å². The molecule has 3 aromatic rings. The van der Waals surface area contributed by atoms with E-state index in [1.165, 1.54) is 29.3 Å². The Balaban J connectivity index is 1.65. The van der Waals surface area contributed by atoms with Crippen molar-refractivity contribution in [1.29, 1.82) is 0 Å². The third-order valence-electron chi connectivity index (χ3n) is 3.91. The van der Waals surface area contributed by atoms with Crippen molar-refractivity contribution in [3.8, 4) is 11.3 Å². The summed E-state index contributed by atoms with van der Waals surface area (Å²) in [5, 5.41) is 5.08. The third-order valence-corrected chi connectivity index (χ3v) is 4.67. The van der Waals surface area contributed by atoms with E-state index in [1.54, 1.807) is 19.1 Å². The lowest BCUT2D eigenvalue weighted by atomic mass is 10.1. The van der Waals surface area contributed by atoms with Crippen molar-refractivity contribution < 1.29 is 14.3 Å². The Bertz CT molecular complexity index is 923. The molecule has 1 aromatic carbocycles. The number of carbonyl (C=O) groups is 2. The molecule has 0 saturated heterocycles. The van der Waals surface area contributed by atoms with Crippen LogP contribution < -0.4 is 5.32 Å². The van der Waals surface area contributed by atoms with Gasteiger partial charge < -0.3 is 4.74 Å². The number of amides is 1. The summed E-state index contributed by atoms with van der Waals surface area (Å²) in [6.07, 6.45) is 2.47. The number of thiazole rings is 1. The van der Waals surface area contributed by atoms with Crippen molar-refractivity contribution >= 4 is 28.3 Å². The van der Waals surface area contributed by atoms with Gasteiger partial charge in [0.2, 0.25) is 0 Å². The van der Waals surface area contributed by atoms with Crippen LogP contribution in [0, 0.1) is 6.92 Å². The summed E-state index contributed by atoms with van der Waals surface area (Å²) in [6, 6.07) is 11.1. The van der Waals surface area contributed by atoms with E-state index in [0.29, 0.717) is 17.1 Å². The third kappa shape index (κ3) is 4.77. The van der Waals surface area contributed by atoms with Gasteiger partial charge in [-0.25, -0.2) is 9.78 Å². The summed E-state index contributed by atoms with van der Waals surface area (Å²) in [5.41, 5.74) is 3.29. The molecule has 0 aliphatic heterocycles. The highest BCUT2D eigenvalue weighted by atomic mass is 32.1. The molecule has 6 nitrogen and oxygen atoms in total. The zero-order valence-corrected chi connectivity index (χ0v) is 15.8. The zero-order chi connectivity index (χ0) is 19.2. The van der Waals surface area contributed by atoms with E-state index < -0.39 is 18.0 Å². The number of anilines is 1. The fraction of sp³-hybridized carbons (Fsp3) is 0.200. The lowest BCUT2D eigenvalue weighted by Gasteiger charge is -2.15. The molecular weight excluding hydrogens is 362 g/mol. The van der Waals surface area contributed by atoms with Gasteiger partial charge in [0.25, 0.3) is 5.91 Å². The second-order valence-electron chi connectivity index (χ2n) is 5.93. The number of esters is 1. The standard InChI is InChI=1S/C20H19N3O3S/c1-3-17(26-19(25)15-8-10-21-11-9-15)18(24)23-20-22-16(12-27-20)14-6-4-13(2)5-7-14/h4-12,17H,3H2,1-2H3,(H,22,23,24). The maximum absolute atomic E-state index is 12.5. The number of hydrogen-bond acceptors (Lipinski definition) is 6. The smallest absolute Gasteiger partial charge is 0.339 e. The number of nitrogens with one attached hydrogen (secondary N) is 1. The number of aromatic nitrogens is 2. The number of rotatable bonds is 6. The molecule has 0 spiro atoms. The quantitative estimate of drug-likeness (QED) is 0.651. The molecule has 138 valence electrons. The highest BCUT2D eigenvalue weighted by Crippen LogP contribution is 2.25. The lowest BCUT2D eigenvalue weighted by Crippen LogP contribution is -2.32. The van der Waals surface area contributed by atoms with Crippen LogP contribution in [0.2, 0.25) is 0 Å². The average molecular weight is 381 g/mol. The molecule has 1 atom stereocenters. The largest absolute Gasteiger partial charge is 0.449 e. The number of nitrogens with zero attached hydrogens (tertiary/aromatic N) is 2. The Labute approximate surface area is 161 Å². The number of benzene rings is 1. The number of aryl methyl sites for hydroxylation is 1. The first-order valence-corrected chi connectivity index (χ1v) is 9.39. The number of pyridine rings is 1. The Kier molecular flexibility index (Phi) is 5.93. The molecule has 0 aliphatic rings. The van der Waals surface area contributed by atoms with Gasteiger partial charge in [-0.05, 0) is 25.5 Å². The molecule has 0 aliphatic carbocycles. The van der Waals surface area contributed by atoms with Gasteiger partial charge in [-0.15, -0.1) is 11.3 Å². The van der Waals surface area contributed by atoms with Crippen LogP contribution in [0.3, 0.4) is 0 Å². The van der Waals surface area contributed by atoms with Crippen LogP contribution in [0.1, 0.15) is 29.3 Å². The minimum Gasteiger partial charge on any atom is -0.449 e. The average Bonchev–Trinajstić information content (AvgIpc) is 3.15. The van der Waals surface area contributed by atoms with Crippen molar-refractivity contribution in [2.75, 3.05) is 5.32 Å². The Hall–Kier alpha value is -3.06. The van der Waals surface area contributed by atoms with E-state index >= 15 is 0 Å². The van der Waals surface area contributed by atoms with Crippen LogP contribution >= 0.6 is 11.3 Å². The second-order valence-corrected chi connectivity index (χ2v) is 6.79.